The molecule has 7 heteroatoms. The van der Waals surface area contributed by atoms with E-state index in [9.17, 15) is 14.7 Å². The Morgan fingerprint density at radius 1 is 1.09 bits per heavy atom. The lowest BCUT2D eigenvalue weighted by molar-refractivity contribution is -0.147. The summed E-state index contributed by atoms with van der Waals surface area (Å²) in [5.74, 6) is 0.646. The van der Waals surface area contributed by atoms with Crippen molar-refractivity contribution in [3.05, 3.63) is 41.5 Å². The van der Waals surface area contributed by atoms with Crippen molar-refractivity contribution in [1.29, 1.82) is 0 Å². The molecule has 1 aliphatic heterocycles. The summed E-state index contributed by atoms with van der Waals surface area (Å²) in [6, 6.07) is 9.49. The number of carbonyl (C=O) groups is 2. The molecule has 2 N–H and O–H groups in total. The van der Waals surface area contributed by atoms with Crippen LogP contribution in [0.4, 0.5) is 0 Å². The maximum atomic E-state index is 12.3. The minimum Gasteiger partial charge on any atom is -0.493 e. The van der Waals surface area contributed by atoms with Gasteiger partial charge in [-0.05, 0) is 67.0 Å². The number of ether oxygens (including phenoxy) is 3. The van der Waals surface area contributed by atoms with Gasteiger partial charge >= 0.3 is 5.97 Å². The molecule has 1 unspecified atom stereocenters. The highest BCUT2D eigenvalue weighted by molar-refractivity contribution is 5.99. The van der Waals surface area contributed by atoms with Gasteiger partial charge in [0.05, 0.1) is 26.7 Å². The van der Waals surface area contributed by atoms with Gasteiger partial charge in [-0.15, -0.1) is 0 Å². The lowest BCUT2D eigenvalue weighted by Gasteiger charge is -2.29. The molecule has 2 saturated carbocycles. The predicted octanol–water partition coefficient (Wildman–Crippen LogP) is 4.66. The first-order chi connectivity index (χ1) is 16.5. The van der Waals surface area contributed by atoms with Gasteiger partial charge in [0.1, 0.15) is 0 Å². The highest BCUT2D eigenvalue weighted by Gasteiger charge is 2.56. The molecule has 7 nitrogen and oxygen atoms in total. The molecule has 0 spiro atoms. The van der Waals surface area contributed by atoms with Gasteiger partial charge in [0.25, 0.3) is 5.91 Å². The average molecular weight is 466 g/mol. The van der Waals surface area contributed by atoms with Crippen LogP contribution >= 0.6 is 0 Å². The Morgan fingerprint density at radius 3 is 2.47 bits per heavy atom. The second-order valence-corrected chi connectivity index (χ2v) is 9.74. The minimum atomic E-state index is -0.707. The summed E-state index contributed by atoms with van der Waals surface area (Å²) in [6.45, 7) is 0.818. The van der Waals surface area contributed by atoms with E-state index >= 15 is 0 Å². The van der Waals surface area contributed by atoms with E-state index in [1.54, 1.807) is 14.2 Å². The van der Waals surface area contributed by atoms with Crippen LogP contribution in [0.1, 0.15) is 54.4 Å². The van der Waals surface area contributed by atoms with Crippen molar-refractivity contribution in [1.82, 2.24) is 5.32 Å². The molecule has 0 saturated heterocycles. The van der Waals surface area contributed by atoms with Crippen LogP contribution in [0.15, 0.2) is 30.3 Å². The second-order valence-electron chi connectivity index (χ2n) is 9.74. The number of hydrogen-bond acceptors (Lipinski definition) is 5. The summed E-state index contributed by atoms with van der Waals surface area (Å²) in [6.07, 6.45) is 5.88. The molecule has 1 amide bonds. The first-order valence-corrected chi connectivity index (χ1v) is 12.0. The molecule has 34 heavy (non-hydrogen) atoms. The summed E-state index contributed by atoms with van der Waals surface area (Å²) < 4.78 is 17.7. The third-order valence-electron chi connectivity index (χ3n) is 7.79. The highest BCUT2D eigenvalue weighted by atomic mass is 16.5. The van der Waals surface area contributed by atoms with Gasteiger partial charge in [-0.2, -0.15) is 0 Å². The largest absolute Gasteiger partial charge is 0.493 e. The van der Waals surface area contributed by atoms with Crippen LogP contribution in [0.5, 0.6) is 17.2 Å². The number of methoxy groups -OCH3 is 2. The Morgan fingerprint density at radius 2 is 1.82 bits per heavy atom. The molecule has 2 aromatic carbocycles. The number of carboxylic acids is 1. The number of nitrogens with one attached hydrogen (secondary N) is 1. The molecular formula is C27H31NO6. The Balaban J connectivity index is 1.49. The summed E-state index contributed by atoms with van der Waals surface area (Å²) in [5.41, 5.74) is 3.00. The molecule has 5 rings (SSSR count). The molecule has 180 valence electrons. The van der Waals surface area contributed by atoms with Gasteiger partial charge in [-0.1, -0.05) is 18.9 Å². The van der Waals surface area contributed by atoms with Crippen molar-refractivity contribution in [3.63, 3.8) is 0 Å². The number of carbonyl (C=O) groups excluding carboxylic acids is 1. The van der Waals surface area contributed by atoms with Gasteiger partial charge in [-0.3, -0.25) is 9.59 Å². The number of fused-ring (bicyclic) bond motifs is 1. The van der Waals surface area contributed by atoms with Crippen molar-refractivity contribution in [2.24, 2.45) is 17.3 Å². The van der Waals surface area contributed by atoms with Gasteiger partial charge in [0.2, 0.25) is 5.75 Å². The van der Waals surface area contributed by atoms with E-state index < -0.39 is 5.97 Å². The Bertz CT molecular complexity index is 1120. The molecule has 0 aromatic heterocycles. The zero-order valence-corrected chi connectivity index (χ0v) is 19.7. The number of amides is 1. The number of aliphatic carboxylic acids is 1. The average Bonchev–Trinajstić information content (AvgIpc) is 3.23. The summed E-state index contributed by atoms with van der Waals surface area (Å²) in [7, 11) is 3.15. The van der Waals surface area contributed by atoms with Crippen molar-refractivity contribution >= 4 is 11.9 Å². The zero-order valence-electron chi connectivity index (χ0n) is 19.7. The standard InChI is InChI=1S/C27H31NO6/c1-32-21-10-9-19(17-7-8-20-18(13-17)14-28-25(20)29)23(24(21)33-2)34-15-27(11-12-27)22(26(30)31)16-5-3-4-6-16/h7-10,13,16,22H,3-6,11-12,14-15H2,1-2H3,(H,28,29)(H,30,31). The van der Waals surface area contributed by atoms with E-state index in [1.165, 1.54) is 0 Å². The molecule has 1 atom stereocenters. The topological polar surface area (TPSA) is 94.1 Å². The smallest absolute Gasteiger partial charge is 0.307 e. The number of benzene rings is 2. The van der Waals surface area contributed by atoms with Crippen LogP contribution in [0.25, 0.3) is 11.1 Å². The Labute approximate surface area is 199 Å². The SMILES string of the molecule is COc1ccc(-c2ccc3c(c2)CNC3=O)c(OCC2(C(C(=O)O)C3CCCC3)CC2)c1OC. The fourth-order valence-electron chi connectivity index (χ4n) is 5.84. The van der Waals surface area contributed by atoms with Crippen LogP contribution in [0.3, 0.4) is 0 Å². The molecule has 0 bridgehead atoms. The van der Waals surface area contributed by atoms with E-state index in [2.05, 4.69) is 5.32 Å². The van der Waals surface area contributed by atoms with E-state index in [1.807, 2.05) is 30.3 Å². The lowest BCUT2D eigenvalue weighted by Crippen LogP contribution is -2.35. The first kappa shape index (κ1) is 22.6. The van der Waals surface area contributed by atoms with Gasteiger partial charge in [-0.25, -0.2) is 0 Å². The van der Waals surface area contributed by atoms with Gasteiger partial charge in [0, 0.05) is 23.1 Å². The van der Waals surface area contributed by atoms with Crippen LogP contribution in [-0.2, 0) is 11.3 Å². The quantitative estimate of drug-likeness (QED) is 0.559. The number of carboxylic acid groups (broad SMARTS) is 1. The Kier molecular flexibility index (Phi) is 5.88. The van der Waals surface area contributed by atoms with Crippen LogP contribution in [-0.4, -0.2) is 37.8 Å². The second kappa shape index (κ2) is 8.85. The van der Waals surface area contributed by atoms with Crippen molar-refractivity contribution < 1.29 is 28.9 Å². The Hall–Kier alpha value is -3.22. The van der Waals surface area contributed by atoms with Crippen LogP contribution < -0.4 is 19.5 Å². The molecular weight excluding hydrogens is 434 g/mol. The van der Waals surface area contributed by atoms with Gasteiger partial charge < -0.3 is 24.6 Å². The first-order valence-electron chi connectivity index (χ1n) is 12.0. The lowest BCUT2D eigenvalue weighted by atomic mass is 9.78. The van der Waals surface area contributed by atoms with Crippen molar-refractivity contribution in [2.75, 3.05) is 20.8 Å². The molecule has 0 radical (unpaired) electrons. The fourth-order valence-corrected chi connectivity index (χ4v) is 5.84. The molecule has 2 aliphatic carbocycles. The predicted molar refractivity (Wildman–Crippen MR) is 126 cm³/mol. The molecule has 3 aliphatic rings. The van der Waals surface area contributed by atoms with Gasteiger partial charge in [0.15, 0.2) is 11.5 Å². The third-order valence-corrected chi connectivity index (χ3v) is 7.79. The summed E-state index contributed by atoms with van der Waals surface area (Å²) in [5, 5.41) is 13.0. The van der Waals surface area contributed by atoms with E-state index in [0.717, 1.165) is 55.2 Å². The zero-order chi connectivity index (χ0) is 23.9. The van der Waals surface area contributed by atoms with E-state index in [-0.39, 0.29) is 23.2 Å². The third kappa shape index (κ3) is 3.87. The highest BCUT2D eigenvalue weighted by Crippen LogP contribution is 2.58. The van der Waals surface area contributed by atoms with Crippen LogP contribution in [0, 0.1) is 17.3 Å². The number of rotatable bonds is 9. The van der Waals surface area contributed by atoms with Crippen molar-refractivity contribution in [2.45, 2.75) is 45.1 Å². The van der Waals surface area contributed by atoms with E-state index in [4.69, 9.17) is 14.2 Å². The normalized spacial score (nSPS) is 19.3. The summed E-state index contributed by atoms with van der Waals surface area (Å²) in [4.78, 5) is 24.3. The molecule has 2 fully saturated rings. The van der Waals surface area contributed by atoms with E-state index in [0.29, 0.717) is 36.0 Å². The maximum Gasteiger partial charge on any atom is 0.307 e. The fraction of sp³-hybridized carbons (Fsp3) is 0.481. The summed E-state index contributed by atoms with van der Waals surface area (Å²) >= 11 is 0. The monoisotopic (exact) mass is 465 g/mol. The molecule has 1 heterocycles. The minimum absolute atomic E-state index is 0.0624. The number of hydrogen-bond donors (Lipinski definition) is 2. The van der Waals surface area contributed by atoms with Crippen LogP contribution in [0.2, 0.25) is 0 Å². The van der Waals surface area contributed by atoms with Crippen molar-refractivity contribution in [3.8, 4) is 28.4 Å². The maximum absolute atomic E-state index is 12.3. The molecule has 2 aromatic rings.